The van der Waals surface area contributed by atoms with Gasteiger partial charge in [0.05, 0.1) is 5.60 Å². The SMILES string of the molecule is C=CC(c1ccccc1)C(O)(CCCC)CCCC. The topological polar surface area (TPSA) is 20.2 Å². The smallest absolute Gasteiger partial charge is 0.0750 e. The molecular formula is C18H28O. The third-order valence-corrected chi connectivity index (χ3v) is 3.90. The van der Waals surface area contributed by atoms with Gasteiger partial charge in [-0.05, 0) is 18.4 Å². The van der Waals surface area contributed by atoms with E-state index in [4.69, 9.17) is 0 Å². The summed E-state index contributed by atoms with van der Waals surface area (Å²) in [5, 5.41) is 11.1. The average Bonchev–Trinajstić information content (AvgIpc) is 2.45. The fourth-order valence-electron chi connectivity index (χ4n) is 2.73. The molecule has 0 aliphatic heterocycles. The molecule has 0 saturated carbocycles. The predicted molar refractivity (Wildman–Crippen MR) is 83.4 cm³/mol. The molecule has 0 fully saturated rings. The highest BCUT2D eigenvalue weighted by atomic mass is 16.3. The quantitative estimate of drug-likeness (QED) is 0.615. The molecule has 0 saturated heterocycles. The second kappa shape index (κ2) is 8.16. The van der Waals surface area contributed by atoms with Crippen molar-refractivity contribution in [1.29, 1.82) is 0 Å². The Balaban J connectivity index is 2.95. The normalized spacial score (nSPS) is 13.2. The first-order valence-electron chi connectivity index (χ1n) is 7.57. The summed E-state index contributed by atoms with van der Waals surface area (Å²) in [7, 11) is 0. The van der Waals surface area contributed by atoms with Gasteiger partial charge in [0.25, 0.3) is 0 Å². The molecule has 0 amide bonds. The zero-order valence-corrected chi connectivity index (χ0v) is 12.4. The molecule has 0 aromatic heterocycles. The molecule has 1 atom stereocenters. The summed E-state index contributed by atoms with van der Waals surface area (Å²) in [5.41, 5.74) is 0.530. The molecule has 1 unspecified atom stereocenters. The Bertz CT molecular complexity index is 347. The van der Waals surface area contributed by atoms with Crippen molar-refractivity contribution in [3.05, 3.63) is 48.6 Å². The summed E-state index contributed by atoms with van der Waals surface area (Å²) in [6.45, 7) is 8.30. The number of unbranched alkanes of at least 4 members (excludes halogenated alkanes) is 2. The molecular weight excluding hydrogens is 232 g/mol. The van der Waals surface area contributed by atoms with E-state index in [9.17, 15) is 5.11 Å². The van der Waals surface area contributed by atoms with Crippen LogP contribution in [0.15, 0.2) is 43.0 Å². The minimum atomic E-state index is -0.644. The Morgan fingerprint density at radius 3 is 2.05 bits per heavy atom. The highest BCUT2D eigenvalue weighted by Gasteiger charge is 2.34. The van der Waals surface area contributed by atoms with Crippen LogP contribution in [-0.4, -0.2) is 10.7 Å². The van der Waals surface area contributed by atoms with Crippen molar-refractivity contribution in [3.8, 4) is 0 Å². The zero-order valence-electron chi connectivity index (χ0n) is 12.4. The first-order valence-corrected chi connectivity index (χ1v) is 7.57. The molecule has 1 nitrogen and oxygen atoms in total. The largest absolute Gasteiger partial charge is 0.389 e. The highest BCUT2D eigenvalue weighted by molar-refractivity contribution is 5.27. The monoisotopic (exact) mass is 260 g/mol. The van der Waals surface area contributed by atoms with Crippen LogP contribution in [0, 0.1) is 0 Å². The lowest BCUT2D eigenvalue weighted by molar-refractivity contribution is 0.00474. The summed E-state index contributed by atoms with van der Waals surface area (Å²) in [6, 6.07) is 10.3. The first-order chi connectivity index (χ1) is 9.18. The van der Waals surface area contributed by atoms with E-state index in [2.05, 4.69) is 32.6 Å². The molecule has 106 valence electrons. The molecule has 1 N–H and O–H groups in total. The van der Waals surface area contributed by atoms with Gasteiger partial charge in [-0.25, -0.2) is 0 Å². The minimum Gasteiger partial charge on any atom is -0.389 e. The van der Waals surface area contributed by atoms with Crippen molar-refractivity contribution in [3.63, 3.8) is 0 Å². The molecule has 0 bridgehead atoms. The number of hydrogen-bond donors (Lipinski definition) is 1. The van der Waals surface area contributed by atoms with Gasteiger partial charge in [0.2, 0.25) is 0 Å². The summed E-state index contributed by atoms with van der Waals surface area (Å²) in [5.74, 6) is 0.0341. The van der Waals surface area contributed by atoms with Crippen molar-refractivity contribution in [1.82, 2.24) is 0 Å². The van der Waals surface area contributed by atoms with E-state index in [1.54, 1.807) is 0 Å². The van der Waals surface area contributed by atoms with Gasteiger partial charge >= 0.3 is 0 Å². The Labute approximate surface area is 118 Å². The van der Waals surface area contributed by atoms with Gasteiger partial charge in [0.15, 0.2) is 0 Å². The standard InChI is InChI=1S/C18H28O/c1-4-7-14-18(19,15-8-5-2)17(6-3)16-12-10-9-11-13-16/h6,9-13,17,19H,3-5,7-8,14-15H2,1-2H3. The predicted octanol–water partition coefficient (Wildman–Crippen LogP) is 5.07. The van der Waals surface area contributed by atoms with Crippen LogP contribution in [0.4, 0.5) is 0 Å². The van der Waals surface area contributed by atoms with E-state index in [0.717, 1.165) is 38.5 Å². The molecule has 1 heteroatoms. The van der Waals surface area contributed by atoms with E-state index < -0.39 is 5.60 Å². The third-order valence-electron chi connectivity index (χ3n) is 3.90. The van der Waals surface area contributed by atoms with Crippen LogP contribution in [0.1, 0.15) is 63.9 Å². The number of aliphatic hydroxyl groups is 1. The van der Waals surface area contributed by atoms with Crippen molar-refractivity contribution in [2.45, 2.75) is 63.9 Å². The third kappa shape index (κ3) is 4.50. The van der Waals surface area contributed by atoms with Gasteiger partial charge in [-0.15, -0.1) is 6.58 Å². The molecule has 1 rings (SSSR count). The summed E-state index contributed by atoms with van der Waals surface area (Å²) >= 11 is 0. The molecule has 0 spiro atoms. The fourth-order valence-corrected chi connectivity index (χ4v) is 2.73. The Morgan fingerprint density at radius 1 is 1.11 bits per heavy atom. The molecule has 0 heterocycles. The van der Waals surface area contributed by atoms with Crippen LogP contribution < -0.4 is 0 Å². The first kappa shape index (κ1) is 16.0. The van der Waals surface area contributed by atoms with Gasteiger partial charge in [-0.2, -0.15) is 0 Å². The molecule has 19 heavy (non-hydrogen) atoms. The lowest BCUT2D eigenvalue weighted by atomic mass is 9.76. The van der Waals surface area contributed by atoms with Crippen LogP contribution in [0.2, 0.25) is 0 Å². The molecule has 0 aliphatic rings. The summed E-state index contributed by atoms with van der Waals surface area (Å²) in [4.78, 5) is 0. The van der Waals surface area contributed by atoms with E-state index in [0.29, 0.717) is 0 Å². The number of benzene rings is 1. The number of rotatable bonds is 9. The lowest BCUT2D eigenvalue weighted by Crippen LogP contribution is -2.35. The van der Waals surface area contributed by atoms with E-state index in [1.165, 1.54) is 5.56 Å². The van der Waals surface area contributed by atoms with Crippen molar-refractivity contribution >= 4 is 0 Å². The van der Waals surface area contributed by atoms with Gasteiger partial charge in [-0.1, -0.05) is 75.9 Å². The second-order valence-electron chi connectivity index (χ2n) is 5.43. The lowest BCUT2D eigenvalue weighted by Gasteiger charge is -2.35. The molecule has 1 aromatic carbocycles. The summed E-state index contributed by atoms with van der Waals surface area (Å²) < 4.78 is 0. The summed E-state index contributed by atoms with van der Waals surface area (Å²) in [6.07, 6.45) is 8.00. The maximum atomic E-state index is 11.1. The second-order valence-corrected chi connectivity index (χ2v) is 5.43. The van der Waals surface area contributed by atoms with Crippen molar-refractivity contribution in [2.24, 2.45) is 0 Å². The Kier molecular flexibility index (Phi) is 6.86. The fraction of sp³-hybridized carbons (Fsp3) is 0.556. The molecule has 0 radical (unpaired) electrons. The number of hydrogen-bond acceptors (Lipinski definition) is 1. The van der Waals surface area contributed by atoms with Gasteiger partial charge in [0.1, 0.15) is 0 Å². The van der Waals surface area contributed by atoms with Crippen LogP contribution in [0.5, 0.6) is 0 Å². The van der Waals surface area contributed by atoms with E-state index in [-0.39, 0.29) is 5.92 Å². The molecule has 1 aromatic rings. The van der Waals surface area contributed by atoms with Gasteiger partial charge in [-0.3, -0.25) is 0 Å². The Morgan fingerprint density at radius 2 is 1.63 bits per heavy atom. The molecule has 0 aliphatic carbocycles. The Hall–Kier alpha value is -1.08. The highest BCUT2D eigenvalue weighted by Crippen LogP contribution is 2.37. The van der Waals surface area contributed by atoms with Crippen LogP contribution >= 0.6 is 0 Å². The van der Waals surface area contributed by atoms with E-state index >= 15 is 0 Å². The minimum absolute atomic E-state index is 0.0341. The zero-order chi connectivity index (χ0) is 14.1. The van der Waals surface area contributed by atoms with Crippen LogP contribution in [0.25, 0.3) is 0 Å². The van der Waals surface area contributed by atoms with Crippen molar-refractivity contribution in [2.75, 3.05) is 0 Å². The van der Waals surface area contributed by atoms with Crippen LogP contribution in [-0.2, 0) is 0 Å². The van der Waals surface area contributed by atoms with Gasteiger partial charge < -0.3 is 5.11 Å². The van der Waals surface area contributed by atoms with E-state index in [1.807, 2.05) is 24.3 Å². The average molecular weight is 260 g/mol. The maximum absolute atomic E-state index is 11.1. The maximum Gasteiger partial charge on any atom is 0.0750 e. The van der Waals surface area contributed by atoms with Crippen LogP contribution in [0.3, 0.4) is 0 Å². The van der Waals surface area contributed by atoms with Crippen molar-refractivity contribution < 1.29 is 5.11 Å². The van der Waals surface area contributed by atoms with Gasteiger partial charge in [0, 0.05) is 5.92 Å².